The van der Waals surface area contributed by atoms with E-state index in [1.54, 1.807) is 13.8 Å². The van der Waals surface area contributed by atoms with Gasteiger partial charge < -0.3 is 39.2 Å². The van der Waals surface area contributed by atoms with Gasteiger partial charge in [-0.15, -0.1) is 0 Å². The summed E-state index contributed by atoms with van der Waals surface area (Å²) in [6.07, 6.45) is -0.985. The summed E-state index contributed by atoms with van der Waals surface area (Å²) in [4.78, 5) is 28.8. The van der Waals surface area contributed by atoms with Gasteiger partial charge >= 0.3 is 5.97 Å². The van der Waals surface area contributed by atoms with Crippen molar-refractivity contribution < 1.29 is 33.6 Å². The summed E-state index contributed by atoms with van der Waals surface area (Å²) in [5, 5.41) is 23.6. The molecule has 2 unspecified atom stereocenters. The zero-order valence-corrected chi connectivity index (χ0v) is 21.9. The van der Waals surface area contributed by atoms with Crippen LogP contribution in [0.5, 0.6) is 0 Å². The summed E-state index contributed by atoms with van der Waals surface area (Å²) in [5.74, 6) is -1.64. The lowest BCUT2D eigenvalue weighted by molar-refractivity contribution is -0.216. The van der Waals surface area contributed by atoms with Gasteiger partial charge in [-0.2, -0.15) is 5.26 Å². The number of nitriles is 1. The van der Waals surface area contributed by atoms with E-state index in [4.69, 9.17) is 18.9 Å². The number of likely N-dealkylation sites (tertiary alicyclic amines) is 2. The van der Waals surface area contributed by atoms with Gasteiger partial charge in [0.05, 0.1) is 18.5 Å². The van der Waals surface area contributed by atoms with Gasteiger partial charge in [0.1, 0.15) is 24.4 Å². The molecule has 0 aromatic rings. The third-order valence-corrected chi connectivity index (χ3v) is 7.55. The first kappa shape index (κ1) is 27.2. The normalized spacial score (nSPS) is 36.7. The van der Waals surface area contributed by atoms with Gasteiger partial charge in [0.2, 0.25) is 5.91 Å². The number of carbonyl (C=O) groups is 2. The highest BCUT2D eigenvalue weighted by Gasteiger charge is 2.54. The van der Waals surface area contributed by atoms with Gasteiger partial charge in [0.25, 0.3) is 0 Å². The Labute approximate surface area is 213 Å². The van der Waals surface area contributed by atoms with Crippen LogP contribution in [-0.2, 0) is 28.5 Å². The maximum Gasteiger partial charge on any atom is 0.308 e. The second-order valence-corrected chi connectivity index (χ2v) is 11.2. The number of amides is 1. The number of aliphatic hydroxyl groups excluding tert-OH is 1. The van der Waals surface area contributed by atoms with Crippen LogP contribution in [-0.4, -0.2) is 108 Å². The third-order valence-electron chi connectivity index (χ3n) is 7.55. The average molecular weight is 509 g/mol. The molecule has 0 spiro atoms. The molecule has 4 heterocycles. The zero-order chi connectivity index (χ0) is 26.2. The monoisotopic (exact) mass is 508 g/mol. The minimum Gasteiger partial charge on any atom is -0.458 e. The number of fused-ring (bicyclic) bond motifs is 1. The molecule has 1 amide bonds. The van der Waals surface area contributed by atoms with E-state index in [9.17, 15) is 20.0 Å². The molecule has 0 bridgehead atoms. The molecule has 0 saturated carbocycles. The molecule has 0 aliphatic carbocycles. The van der Waals surface area contributed by atoms with E-state index in [0.29, 0.717) is 13.1 Å². The summed E-state index contributed by atoms with van der Waals surface area (Å²) in [6.45, 7) is 11.8. The average Bonchev–Trinajstić information content (AvgIpc) is 3.41. The van der Waals surface area contributed by atoms with Crippen LogP contribution in [0.15, 0.2) is 0 Å². The SMILES string of the molecule is CC(C)C(=O)OC1C(C)CN(C(=O)CNC2CCN(C[C@H]3O[C@@H]4OC(C)(C)O[C@@H]4[C@H]3O)CC2)[C@@H]1C#N. The standard InChI is InChI=1S/C25H40N4O7/c1-14(2)23(32)34-21-15(3)12-29(17(21)10-26)19(30)11-27-16-6-8-28(9-7-16)13-18-20(31)22-24(33-18)36-25(4,5)35-22/h14-18,20-22,24,27,31H,6-9,11-13H2,1-5H3/t15?,17-,18-,20+,21?,22-,24-/m1/s1. The number of aliphatic hydroxyl groups is 1. The lowest BCUT2D eigenvalue weighted by atomic mass is 10.0. The van der Waals surface area contributed by atoms with Crippen LogP contribution in [0, 0.1) is 23.2 Å². The van der Waals surface area contributed by atoms with Crippen LogP contribution in [0.25, 0.3) is 0 Å². The Balaban J connectivity index is 1.19. The van der Waals surface area contributed by atoms with E-state index in [1.807, 2.05) is 20.8 Å². The van der Waals surface area contributed by atoms with Crippen molar-refractivity contribution in [2.45, 2.75) is 96.0 Å². The molecule has 4 aliphatic heterocycles. The number of hydrogen-bond acceptors (Lipinski definition) is 10. The van der Waals surface area contributed by atoms with Crippen LogP contribution < -0.4 is 5.32 Å². The first-order valence-electron chi connectivity index (χ1n) is 13.0. The Morgan fingerprint density at radius 3 is 2.56 bits per heavy atom. The lowest BCUT2D eigenvalue weighted by Gasteiger charge is -2.35. The van der Waals surface area contributed by atoms with Crippen molar-refractivity contribution in [3.05, 3.63) is 0 Å². The smallest absolute Gasteiger partial charge is 0.308 e. The second-order valence-electron chi connectivity index (χ2n) is 11.2. The molecule has 11 heteroatoms. The lowest BCUT2D eigenvalue weighted by Crippen LogP contribution is -2.50. The molecule has 4 saturated heterocycles. The van der Waals surface area contributed by atoms with Gasteiger partial charge in [0, 0.05) is 25.0 Å². The van der Waals surface area contributed by atoms with Crippen molar-refractivity contribution >= 4 is 11.9 Å². The van der Waals surface area contributed by atoms with E-state index in [1.165, 1.54) is 4.90 Å². The number of rotatable bonds is 7. The van der Waals surface area contributed by atoms with Gasteiger partial charge in [0.15, 0.2) is 18.1 Å². The van der Waals surface area contributed by atoms with E-state index in [2.05, 4.69) is 16.3 Å². The Hall–Kier alpha value is -1.81. The molecule has 7 atom stereocenters. The fourth-order valence-electron chi connectivity index (χ4n) is 5.48. The molecule has 36 heavy (non-hydrogen) atoms. The van der Waals surface area contributed by atoms with Gasteiger partial charge in [-0.1, -0.05) is 20.8 Å². The number of nitrogens with one attached hydrogen (secondary N) is 1. The molecule has 4 fully saturated rings. The molecule has 202 valence electrons. The summed E-state index contributed by atoms with van der Waals surface area (Å²) < 4.78 is 22.9. The largest absolute Gasteiger partial charge is 0.458 e. The Kier molecular flexibility index (Phi) is 8.24. The fourth-order valence-corrected chi connectivity index (χ4v) is 5.48. The number of esters is 1. The van der Waals surface area contributed by atoms with Crippen LogP contribution in [0.1, 0.15) is 47.5 Å². The Bertz CT molecular complexity index is 854. The van der Waals surface area contributed by atoms with Crippen LogP contribution in [0.2, 0.25) is 0 Å². The van der Waals surface area contributed by atoms with E-state index >= 15 is 0 Å². The molecule has 11 nitrogen and oxygen atoms in total. The number of nitrogens with zero attached hydrogens (tertiary/aromatic N) is 3. The van der Waals surface area contributed by atoms with E-state index in [-0.39, 0.29) is 42.4 Å². The molecule has 4 rings (SSSR count). The molecule has 2 N–H and O–H groups in total. The first-order chi connectivity index (χ1) is 17.0. The molecular formula is C25H40N4O7. The minimum absolute atomic E-state index is 0.0981. The van der Waals surface area contributed by atoms with Gasteiger partial charge in [-0.05, 0) is 39.8 Å². The number of hydrogen-bond donors (Lipinski definition) is 2. The van der Waals surface area contributed by atoms with Crippen LogP contribution in [0.4, 0.5) is 0 Å². The molecule has 0 aromatic carbocycles. The quantitative estimate of drug-likeness (QED) is 0.460. The number of ether oxygens (including phenoxy) is 4. The summed E-state index contributed by atoms with van der Waals surface area (Å²) >= 11 is 0. The molecule has 0 aromatic heterocycles. The summed E-state index contributed by atoms with van der Waals surface area (Å²) in [5.41, 5.74) is 0. The molecule has 4 aliphatic rings. The highest BCUT2D eigenvalue weighted by atomic mass is 16.8. The zero-order valence-electron chi connectivity index (χ0n) is 21.9. The van der Waals surface area contributed by atoms with Crippen molar-refractivity contribution in [2.24, 2.45) is 11.8 Å². The summed E-state index contributed by atoms with van der Waals surface area (Å²) in [7, 11) is 0. The Morgan fingerprint density at radius 1 is 1.25 bits per heavy atom. The third kappa shape index (κ3) is 5.85. The fraction of sp³-hybridized carbons (Fsp3) is 0.880. The van der Waals surface area contributed by atoms with Crippen molar-refractivity contribution in [3.63, 3.8) is 0 Å². The topological polar surface area (TPSA) is 134 Å². The first-order valence-corrected chi connectivity index (χ1v) is 13.0. The van der Waals surface area contributed by atoms with Crippen LogP contribution >= 0.6 is 0 Å². The maximum atomic E-state index is 12.9. The summed E-state index contributed by atoms with van der Waals surface area (Å²) in [6, 6.07) is 1.58. The van der Waals surface area contributed by atoms with Gasteiger partial charge in [-0.25, -0.2) is 0 Å². The number of carbonyl (C=O) groups excluding carboxylic acids is 2. The Morgan fingerprint density at radius 2 is 1.94 bits per heavy atom. The number of piperidine rings is 1. The second kappa shape index (κ2) is 10.9. The van der Waals surface area contributed by atoms with E-state index < -0.39 is 36.4 Å². The van der Waals surface area contributed by atoms with Crippen LogP contribution in [0.3, 0.4) is 0 Å². The maximum absolute atomic E-state index is 12.9. The van der Waals surface area contributed by atoms with Crippen molar-refractivity contribution in [3.8, 4) is 6.07 Å². The van der Waals surface area contributed by atoms with E-state index in [0.717, 1.165) is 25.9 Å². The molecule has 0 radical (unpaired) electrons. The highest BCUT2D eigenvalue weighted by molar-refractivity contribution is 5.80. The van der Waals surface area contributed by atoms with Gasteiger partial charge in [-0.3, -0.25) is 9.59 Å². The van der Waals surface area contributed by atoms with Crippen molar-refractivity contribution in [1.29, 1.82) is 5.26 Å². The minimum atomic E-state index is -0.769. The van der Waals surface area contributed by atoms with Crippen molar-refractivity contribution in [2.75, 3.05) is 32.7 Å². The van der Waals surface area contributed by atoms with Crippen molar-refractivity contribution in [1.82, 2.24) is 15.1 Å². The molecular weight excluding hydrogens is 468 g/mol. The predicted octanol–water partition coefficient (Wildman–Crippen LogP) is 0.216. The highest BCUT2D eigenvalue weighted by Crippen LogP contribution is 2.37. The predicted molar refractivity (Wildman–Crippen MR) is 127 cm³/mol.